The highest BCUT2D eigenvalue weighted by Gasteiger charge is 2.03. The van der Waals surface area contributed by atoms with E-state index < -0.39 is 0 Å². The van der Waals surface area contributed by atoms with Gasteiger partial charge in [-0.15, -0.1) is 0 Å². The summed E-state index contributed by atoms with van der Waals surface area (Å²) in [6, 6.07) is 13.8. The number of aryl methyl sites for hydroxylation is 1. The molecule has 6 heteroatoms. The van der Waals surface area contributed by atoms with E-state index in [2.05, 4.69) is 25.6 Å². The Morgan fingerprint density at radius 3 is 2.44 bits per heavy atom. The fourth-order valence-corrected chi connectivity index (χ4v) is 2.53. The Balaban J connectivity index is 1.56. The van der Waals surface area contributed by atoms with Crippen molar-refractivity contribution in [1.29, 1.82) is 0 Å². The third-order valence-corrected chi connectivity index (χ3v) is 3.94. The molecule has 5 nitrogen and oxygen atoms in total. The van der Waals surface area contributed by atoms with Gasteiger partial charge in [-0.2, -0.15) is 4.98 Å². The Morgan fingerprint density at radius 1 is 0.920 bits per heavy atom. The van der Waals surface area contributed by atoms with E-state index in [9.17, 15) is 0 Å². The van der Waals surface area contributed by atoms with Crippen LogP contribution in [0.25, 0.3) is 0 Å². The number of nitrogens with zero attached hydrogens (tertiary/aromatic N) is 3. The summed E-state index contributed by atoms with van der Waals surface area (Å²) in [5.74, 6) is 1.43. The van der Waals surface area contributed by atoms with Gasteiger partial charge >= 0.3 is 0 Å². The first-order valence-corrected chi connectivity index (χ1v) is 8.53. The van der Waals surface area contributed by atoms with Crippen molar-refractivity contribution in [3.8, 4) is 0 Å². The molecule has 0 amide bonds. The average Bonchev–Trinajstić information content (AvgIpc) is 2.62. The Hall–Kier alpha value is -2.66. The molecule has 128 valence electrons. The smallest absolute Gasteiger partial charge is 0.225 e. The van der Waals surface area contributed by atoms with Crippen molar-refractivity contribution < 1.29 is 0 Å². The number of hydrogen-bond acceptors (Lipinski definition) is 5. The maximum atomic E-state index is 5.91. The molecule has 0 aliphatic heterocycles. The van der Waals surface area contributed by atoms with Gasteiger partial charge in [0.2, 0.25) is 5.95 Å². The average molecular weight is 354 g/mol. The zero-order valence-electron chi connectivity index (χ0n) is 14.0. The molecule has 0 atom stereocenters. The number of anilines is 2. The molecule has 3 aromatic rings. The summed E-state index contributed by atoms with van der Waals surface area (Å²) in [5, 5.41) is 7.36. The minimum absolute atomic E-state index is 0.616. The number of hydrogen-bond donors (Lipinski definition) is 2. The van der Waals surface area contributed by atoms with E-state index in [1.54, 1.807) is 12.4 Å². The predicted octanol–water partition coefficient (Wildman–Crippen LogP) is 4.10. The van der Waals surface area contributed by atoms with Crippen molar-refractivity contribution >= 4 is 23.4 Å². The zero-order chi connectivity index (χ0) is 17.5. The first-order valence-electron chi connectivity index (χ1n) is 8.16. The maximum Gasteiger partial charge on any atom is 0.225 e. The third-order valence-electron chi connectivity index (χ3n) is 3.69. The fraction of sp³-hybridized carbons (Fsp3) is 0.211. The van der Waals surface area contributed by atoms with Crippen LogP contribution >= 0.6 is 11.6 Å². The van der Waals surface area contributed by atoms with Gasteiger partial charge in [-0.25, -0.2) is 4.98 Å². The summed E-state index contributed by atoms with van der Waals surface area (Å²) < 4.78 is 0. The Labute approximate surface area is 152 Å². The van der Waals surface area contributed by atoms with Gasteiger partial charge in [-0.3, -0.25) is 4.98 Å². The van der Waals surface area contributed by atoms with Crippen LogP contribution in [0.5, 0.6) is 0 Å². The van der Waals surface area contributed by atoms with Crippen LogP contribution in [0.2, 0.25) is 5.02 Å². The van der Waals surface area contributed by atoms with E-state index in [-0.39, 0.29) is 0 Å². The van der Waals surface area contributed by atoms with Gasteiger partial charge in [0, 0.05) is 42.3 Å². The second-order valence-electron chi connectivity index (χ2n) is 5.73. The van der Waals surface area contributed by atoms with Gasteiger partial charge in [0.25, 0.3) is 0 Å². The molecule has 2 heterocycles. The fourth-order valence-electron chi connectivity index (χ4n) is 2.41. The van der Waals surface area contributed by atoms with Crippen LogP contribution in [-0.4, -0.2) is 21.5 Å². The van der Waals surface area contributed by atoms with Crippen LogP contribution in [-0.2, 0) is 13.0 Å². The number of halogens is 1. The topological polar surface area (TPSA) is 62.7 Å². The third kappa shape index (κ3) is 5.43. The summed E-state index contributed by atoms with van der Waals surface area (Å²) in [7, 11) is 0. The molecule has 25 heavy (non-hydrogen) atoms. The van der Waals surface area contributed by atoms with Crippen molar-refractivity contribution in [2.24, 2.45) is 0 Å². The molecule has 1 aromatic carbocycles. The lowest BCUT2D eigenvalue weighted by atomic mass is 10.1. The summed E-state index contributed by atoms with van der Waals surface area (Å²) >= 11 is 5.91. The van der Waals surface area contributed by atoms with E-state index >= 15 is 0 Å². The van der Waals surface area contributed by atoms with E-state index in [1.807, 2.05) is 49.4 Å². The molecule has 0 bridgehead atoms. The van der Waals surface area contributed by atoms with Crippen molar-refractivity contribution in [3.05, 3.63) is 76.7 Å². The summed E-state index contributed by atoms with van der Waals surface area (Å²) in [4.78, 5) is 13.0. The van der Waals surface area contributed by atoms with Gasteiger partial charge in [0.05, 0.1) is 0 Å². The molecule has 0 saturated heterocycles. The normalized spacial score (nSPS) is 10.5. The molecule has 3 rings (SSSR count). The van der Waals surface area contributed by atoms with Gasteiger partial charge in [-0.1, -0.05) is 23.7 Å². The molecule has 0 unspecified atom stereocenters. The van der Waals surface area contributed by atoms with Crippen LogP contribution in [0.4, 0.5) is 11.8 Å². The van der Waals surface area contributed by atoms with Crippen molar-refractivity contribution in [2.45, 2.75) is 19.9 Å². The number of aromatic nitrogens is 3. The number of benzene rings is 1. The lowest BCUT2D eigenvalue weighted by Crippen LogP contribution is -2.10. The standard InChI is InChI=1S/C19H20ClN5/c1-14-12-18(22-11-8-15-2-4-17(20)5-3-15)25-19(24-14)23-13-16-6-9-21-10-7-16/h2-7,9-10,12H,8,11,13H2,1H3,(H2,22,23,24,25). The highest BCUT2D eigenvalue weighted by Crippen LogP contribution is 2.12. The lowest BCUT2D eigenvalue weighted by Gasteiger charge is -2.10. The Morgan fingerprint density at radius 2 is 1.68 bits per heavy atom. The number of rotatable bonds is 7. The molecule has 2 N–H and O–H groups in total. The zero-order valence-corrected chi connectivity index (χ0v) is 14.8. The molecule has 0 radical (unpaired) electrons. The quantitative estimate of drug-likeness (QED) is 0.669. The SMILES string of the molecule is Cc1cc(NCCc2ccc(Cl)cc2)nc(NCc2ccncc2)n1. The predicted molar refractivity (Wildman–Crippen MR) is 102 cm³/mol. The number of pyridine rings is 1. The molecule has 0 fully saturated rings. The largest absolute Gasteiger partial charge is 0.370 e. The first-order chi connectivity index (χ1) is 12.2. The van der Waals surface area contributed by atoms with E-state index in [0.29, 0.717) is 12.5 Å². The Kier molecular flexibility index (Phi) is 5.80. The molecule has 0 saturated carbocycles. The van der Waals surface area contributed by atoms with Crippen LogP contribution in [0, 0.1) is 6.92 Å². The van der Waals surface area contributed by atoms with Crippen molar-refractivity contribution in [3.63, 3.8) is 0 Å². The van der Waals surface area contributed by atoms with Crippen LogP contribution in [0.3, 0.4) is 0 Å². The van der Waals surface area contributed by atoms with E-state index in [1.165, 1.54) is 5.56 Å². The van der Waals surface area contributed by atoms with Crippen LogP contribution < -0.4 is 10.6 Å². The van der Waals surface area contributed by atoms with E-state index in [4.69, 9.17) is 11.6 Å². The highest BCUT2D eigenvalue weighted by atomic mass is 35.5. The van der Waals surface area contributed by atoms with Crippen molar-refractivity contribution in [2.75, 3.05) is 17.2 Å². The minimum atomic E-state index is 0.616. The maximum absolute atomic E-state index is 5.91. The van der Waals surface area contributed by atoms with Gasteiger partial charge in [0.1, 0.15) is 5.82 Å². The van der Waals surface area contributed by atoms with Crippen LogP contribution in [0.1, 0.15) is 16.8 Å². The van der Waals surface area contributed by atoms with Gasteiger partial charge in [0.15, 0.2) is 0 Å². The minimum Gasteiger partial charge on any atom is -0.370 e. The van der Waals surface area contributed by atoms with E-state index in [0.717, 1.165) is 35.1 Å². The summed E-state index contributed by atoms with van der Waals surface area (Å²) in [6.45, 7) is 3.42. The van der Waals surface area contributed by atoms with Crippen molar-refractivity contribution in [1.82, 2.24) is 15.0 Å². The van der Waals surface area contributed by atoms with Gasteiger partial charge < -0.3 is 10.6 Å². The monoisotopic (exact) mass is 353 g/mol. The highest BCUT2D eigenvalue weighted by molar-refractivity contribution is 6.30. The molecular weight excluding hydrogens is 334 g/mol. The van der Waals surface area contributed by atoms with Gasteiger partial charge in [-0.05, 0) is 48.7 Å². The number of nitrogens with one attached hydrogen (secondary N) is 2. The molecule has 0 aliphatic carbocycles. The molecule has 0 spiro atoms. The van der Waals surface area contributed by atoms with Crippen LogP contribution in [0.15, 0.2) is 54.9 Å². The summed E-state index contributed by atoms with van der Waals surface area (Å²) in [6.07, 6.45) is 4.45. The Bertz CT molecular complexity index is 806. The first kappa shape index (κ1) is 17.2. The molecule has 0 aliphatic rings. The lowest BCUT2D eigenvalue weighted by molar-refractivity contribution is 0.981. The summed E-state index contributed by atoms with van der Waals surface area (Å²) in [5.41, 5.74) is 3.29. The second kappa shape index (κ2) is 8.44. The molecular formula is C19H20ClN5. The second-order valence-corrected chi connectivity index (χ2v) is 6.17. The molecule has 2 aromatic heterocycles.